The number of benzene rings is 2. The van der Waals surface area contributed by atoms with E-state index in [2.05, 4.69) is 55.1 Å². The van der Waals surface area contributed by atoms with Gasteiger partial charge in [0, 0.05) is 19.1 Å². The van der Waals surface area contributed by atoms with Gasteiger partial charge in [-0.15, -0.1) is 0 Å². The van der Waals surface area contributed by atoms with Crippen LogP contribution in [0, 0.1) is 6.92 Å². The van der Waals surface area contributed by atoms with Gasteiger partial charge in [0.25, 0.3) is 0 Å². The normalized spacial score (nSPS) is 18.3. The fourth-order valence-corrected chi connectivity index (χ4v) is 3.98. The van der Waals surface area contributed by atoms with E-state index in [9.17, 15) is 0 Å². The maximum Gasteiger partial charge on any atom is 0.161 e. The molecule has 0 saturated heterocycles. The van der Waals surface area contributed by atoms with Crippen LogP contribution in [0.3, 0.4) is 0 Å². The number of nitrogens with zero attached hydrogens (tertiary/aromatic N) is 1. The van der Waals surface area contributed by atoms with Crippen molar-refractivity contribution >= 4 is 0 Å². The zero-order chi connectivity index (χ0) is 18.7. The maximum absolute atomic E-state index is 6.58. The lowest BCUT2D eigenvalue weighted by molar-refractivity contribution is 0.148. The summed E-state index contributed by atoms with van der Waals surface area (Å²) in [5.74, 6) is 1.57. The lowest BCUT2D eigenvalue weighted by Crippen LogP contribution is -2.44. The van der Waals surface area contributed by atoms with Crippen LogP contribution in [0.15, 0.2) is 36.4 Å². The molecule has 140 valence electrons. The highest BCUT2D eigenvalue weighted by Crippen LogP contribution is 2.40. The van der Waals surface area contributed by atoms with E-state index < -0.39 is 0 Å². The second kappa shape index (κ2) is 8.11. The van der Waals surface area contributed by atoms with Crippen molar-refractivity contribution < 1.29 is 9.47 Å². The molecule has 1 aliphatic heterocycles. The molecule has 1 heterocycles. The molecule has 0 amide bonds. The second-order valence-electron chi connectivity index (χ2n) is 7.13. The molecule has 0 saturated carbocycles. The smallest absolute Gasteiger partial charge is 0.161 e. The van der Waals surface area contributed by atoms with Gasteiger partial charge in [-0.2, -0.15) is 0 Å². The topological polar surface area (TPSA) is 47.7 Å². The minimum Gasteiger partial charge on any atom is -0.493 e. The number of hydrogen-bond donors (Lipinski definition) is 1. The Kier molecular flexibility index (Phi) is 5.84. The van der Waals surface area contributed by atoms with Gasteiger partial charge >= 0.3 is 0 Å². The summed E-state index contributed by atoms with van der Waals surface area (Å²) in [6.07, 6.45) is 1.93. The number of nitrogens with two attached hydrogens (primary N) is 1. The Labute approximate surface area is 156 Å². The number of aryl methyl sites for hydroxylation is 1. The van der Waals surface area contributed by atoms with E-state index in [0.29, 0.717) is 0 Å². The molecule has 0 bridgehead atoms. The van der Waals surface area contributed by atoms with E-state index in [1.807, 2.05) is 0 Å². The summed E-state index contributed by atoms with van der Waals surface area (Å²) in [6.45, 7) is 6.20. The molecule has 0 aromatic heterocycles. The number of fused-ring (bicyclic) bond motifs is 1. The second-order valence-corrected chi connectivity index (χ2v) is 7.13. The summed E-state index contributed by atoms with van der Waals surface area (Å²) in [5, 5.41) is 0. The monoisotopic (exact) mass is 354 g/mol. The van der Waals surface area contributed by atoms with Crippen molar-refractivity contribution in [3.05, 3.63) is 58.7 Å². The predicted octanol–water partition coefficient (Wildman–Crippen LogP) is 3.85. The van der Waals surface area contributed by atoms with Crippen molar-refractivity contribution in [1.82, 2.24) is 4.90 Å². The fraction of sp³-hybridized carbons (Fsp3) is 0.455. The molecule has 0 unspecified atom stereocenters. The minimum absolute atomic E-state index is 0.0805. The van der Waals surface area contributed by atoms with Crippen LogP contribution in [-0.2, 0) is 13.0 Å². The molecule has 2 atom stereocenters. The molecular weight excluding hydrogens is 324 g/mol. The molecule has 4 nitrogen and oxygen atoms in total. The Balaban J connectivity index is 1.98. The first-order valence-corrected chi connectivity index (χ1v) is 9.37. The first kappa shape index (κ1) is 18.7. The summed E-state index contributed by atoms with van der Waals surface area (Å²) >= 11 is 0. The van der Waals surface area contributed by atoms with Crippen molar-refractivity contribution in [3.63, 3.8) is 0 Å². The van der Waals surface area contributed by atoms with Crippen LogP contribution < -0.4 is 15.2 Å². The SMILES string of the molecule is CC[C@H](N)[C@@H]1c2cc(OC)c(OC)cc2CCN1Cc1cccc(C)c1. The average molecular weight is 354 g/mol. The first-order chi connectivity index (χ1) is 12.6. The summed E-state index contributed by atoms with van der Waals surface area (Å²) in [4.78, 5) is 2.51. The third-order valence-electron chi connectivity index (χ3n) is 5.37. The molecule has 26 heavy (non-hydrogen) atoms. The number of ether oxygens (including phenoxy) is 2. The first-order valence-electron chi connectivity index (χ1n) is 9.37. The van der Waals surface area contributed by atoms with Crippen molar-refractivity contribution in [3.8, 4) is 11.5 Å². The summed E-state index contributed by atoms with van der Waals surface area (Å²) in [5.41, 5.74) is 11.8. The van der Waals surface area contributed by atoms with Crippen molar-refractivity contribution in [1.29, 1.82) is 0 Å². The van der Waals surface area contributed by atoms with Gasteiger partial charge in [-0.1, -0.05) is 36.8 Å². The van der Waals surface area contributed by atoms with Gasteiger partial charge in [0.2, 0.25) is 0 Å². The van der Waals surface area contributed by atoms with Crippen molar-refractivity contribution in [2.45, 2.75) is 45.3 Å². The lowest BCUT2D eigenvalue weighted by atomic mass is 9.86. The summed E-state index contributed by atoms with van der Waals surface area (Å²) in [7, 11) is 3.37. The Morgan fingerprint density at radius 2 is 1.88 bits per heavy atom. The van der Waals surface area contributed by atoms with Gasteiger partial charge in [0.15, 0.2) is 11.5 Å². The molecule has 2 aromatic carbocycles. The highest BCUT2D eigenvalue weighted by Gasteiger charge is 2.32. The van der Waals surface area contributed by atoms with Gasteiger partial charge in [-0.25, -0.2) is 0 Å². The van der Waals surface area contributed by atoms with Crippen LogP contribution in [0.25, 0.3) is 0 Å². The number of rotatable bonds is 6. The molecular formula is C22H30N2O2. The van der Waals surface area contributed by atoms with Crippen LogP contribution in [0.1, 0.15) is 41.6 Å². The third kappa shape index (κ3) is 3.71. The molecule has 1 aliphatic rings. The highest BCUT2D eigenvalue weighted by molar-refractivity contribution is 5.50. The molecule has 0 aliphatic carbocycles. The van der Waals surface area contributed by atoms with E-state index in [1.54, 1.807) is 14.2 Å². The van der Waals surface area contributed by atoms with Crippen LogP contribution >= 0.6 is 0 Å². The van der Waals surface area contributed by atoms with E-state index >= 15 is 0 Å². The zero-order valence-corrected chi connectivity index (χ0v) is 16.3. The predicted molar refractivity (Wildman–Crippen MR) is 106 cm³/mol. The summed E-state index contributed by atoms with van der Waals surface area (Å²) < 4.78 is 11.0. The quantitative estimate of drug-likeness (QED) is 0.856. The lowest BCUT2D eigenvalue weighted by Gasteiger charge is -2.40. The number of hydrogen-bond acceptors (Lipinski definition) is 4. The Hall–Kier alpha value is -2.04. The Morgan fingerprint density at radius 1 is 1.15 bits per heavy atom. The zero-order valence-electron chi connectivity index (χ0n) is 16.3. The molecule has 2 aromatic rings. The van der Waals surface area contributed by atoms with E-state index in [4.69, 9.17) is 15.2 Å². The summed E-state index contributed by atoms with van der Waals surface area (Å²) in [6, 6.07) is 13.2. The Bertz CT molecular complexity index is 760. The van der Waals surface area contributed by atoms with Crippen molar-refractivity contribution in [2.75, 3.05) is 20.8 Å². The standard InChI is InChI=1S/C22H30N2O2/c1-5-19(23)22-18-13-21(26-4)20(25-3)12-17(18)9-10-24(22)14-16-8-6-7-15(2)11-16/h6-8,11-13,19,22H,5,9-10,14,23H2,1-4H3/t19-,22-/m0/s1. The van der Waals surface area contributed by atoms with Crippen LogP contribution in [0.5, 0.6) is 11.5 Å². The number of methoxy groups -OCH3 is 2. The molecule has 3 rings (SSSR count). The van der Waals surface area contributed by atoms with Gasteiger partial charge in [0.1, 0.15) is 0 Å². The minimum atomic E-state index is 0.0805. The van der Waals surface area contributed by atoms with E-state index in [-0.39, 0.29) is 12.1 Å². The van der Waals surface area contributed by atoms with Gasteiger partial charge in [0.05, 0.1) is 20.3 Å². The van der Waals surface area contributed by atoms with Gasteiger partial charge < -0.3 is 15.2 Å². The van der Waals surface area contributed by atoms with E-state index in [0.717, 1.165) is 37.4 Å². The van der Waals surface area contributed by atoms with Gasteiger partial charge in [-0.3, -0.25) is 4.90 Å². The molecule has 0 spiro atoms. The molecule has 2 N–H and O–H groups in total. The molecule has 0 radical (unpaired) electrons. The van der Waals surface area contributed by atoms with Gasteiger partial charge in [-0.05, 0) is 48.6 Å². The highest BCUT2D eigenvalue weighted by atomic mass is 16.5. The fourth-order valence-electron chi connectivity index (χ4n) is 3.98. The largest absolute Gasteiger partial charge is 0.493 e. The van der Waals surface area contributed by atoms with Crippen molar-refractivity contribution in [2.24, 2.45) is 5.73 Å². The Morgan fingerprint density at radius 3 is 2.54 bits per heavy atom. The van der Waals surface area contributed by atoms with Crippen LogP contribution in [0.2, 0.25) is 0 Å². The molecule has 4 heteroatoms. The van der Waals surface area contributed by atoms with E-state index in [1.165, 1.54) is 22.3 Å². The average Bonchev–Trinajstić information content (AvgIpc) is 2.66. The van der Waals surface area contributed by atoms with Crippen LogP contribution in [-0.4, -0.2) is 31.7 Å². The molecule has 0 fully saturated rings. The third-order valence-corrected chi connectivity index (χ3v) is 5.37. The maximum atomic E-state index is 6.58. The van der Waals surface area contributed by atoms with Crippen LogP contribution in [0.4, 0.5) is 0 Å².